The van der Waals surface area contributed by atoms with Gasteiger partial charge in [-0.1, -0.05) is 23.7 Å². The van der Waals surface area contributed by atoms with Crippen molar-refractivity contribution in [3.05, 3.63) is 62.9 Å². The van der Waals surface area contributed by atoms with Gasteiger partial charge in [-0.25, -0.2) is 4.79 Å². The summed E-state index contributed by atoms with van der Waals surface area (Å²) in [4.78, 5) is 21.9. The van der Waals surface area contributed by atoms with Crippen LogP contribution in [-0.2, 0) is 18.4 Å². The molecular formula is C13H11ClN2O4. The number of hydrogen-bond donors (Lipinski definition) is 0. The van der Waals surface area contributed by atoms with Gasteiger partial charge in [0.2, 0.25) is 0 Å². The lowest BCUT2D eigenvalue weighted by atomic mass is 10.2. The summed E-state index contributed by atoms with van der Waals surface area (Å²) in [5.74, 6) is -0.624. The van der Waals surface area contributed by atoms with Crippen LogP contribution < -0.4 is 0 Å². The van der Waals surface area contributed by atoms with Crippen LogP contribution in [0.4, 0.5) is 5.69 Å². The number of hydrogen-bond acceptors (Lipinski definition) is 4. The highest BCUT2D eigenvalue weighted by Crippen LogP contribution is 2.17. The maximum atomic E-state index is 11.9. The lowest BCUT2D eigenvalue weighted by Gasteiger charge is -2.05. The fraction of sp³-hybridized carbons (Fsp3) is 0.154. The number of ether oxygens (including phenoxy) is 1. The predicted molar refractivity (Wildman–Crippen MR) is 72.6 cm³/mol. The van der Waals surface area contributed by atoms with Gasteiger partial charge in [-0.05, 0) is 17.7 Å². The van der Waals surface area contributed by atoms with Gasteiger partial charge in [0.15, 0.2) is 0 Å². The molecule has 0 aliphatic heterocycles. The van der Waals surface area contributed by atoms with Crippen molar-refractivity contribution >= 4 is 23.3 Å². The second kappa shape index (κ2) is 5.75. The molecule has 0 spiro atoms. The Bertz CT molecular complexity index is 666. The number of carbonyl (C=O) groups is 1. The lowest BCUT2D eigenvalue weighted by Crippen LogP contribution is -2.09. The molecule has 7 heteroatoms. The molecule has 0 saturated heterocycles. The zero-order valence-corrected chi connectivity index (χ0v) is 11.3. The molecule has 0 atom stereocenters. The fourth-order valence-electron chi connectivity index (χ4n) is 1.70. The average molecular weight is 295 g/mol. The van der Waals surface area contributed by atoms with Crippen molar-refractivity contribution in [3.63, 3.8) is 0 Å². The van der Waals surface area contributed by atoms with E-state index in [-0.39, 0.29) is 18.0 Å². The first-order chi connectivity index (χ1) is 9.47. The molecule has 0 N–H and O–H groups in total. The fourth-order valence-corrected chi connectivity index (χ4v) is 1.91. The average Bonchev–Trinajstić information content (AvgIpc) is 2.78. The molecule has 2 aromatic rings. The zero-order valence-electron chi connectivity index (χ0n) is 10.6. The Morgan fingerprint density at radius 2 is 2.20 bits per heavy atom. The Morgan fingerprint density at radius 1 is 1.45 bits per heavy atom. The number of nitrogens with zero attached hydrogens (tertiary/aromatic N) is 2. The highest BCUT2D eigenvalue weighted by molar-refractivity contribution is 6.30. The predicted octanol–water partition coefficient (Wildman–Crippen LogP) is 2.94. The van der Waals surface area contributed by atoms with Crippen LogP contribution in [0.3, 0.4) is 0 Å². The molecule has 0 saturated carbocycles. The maximum Gasteiger partial charge on any atom is 0.355 e. The van der Waals surface area contributed by atoms with Crippen molar-refractivity contribution in [1.82, 2.24) is 4.57 Å². The van der Waals surface area contributed by atoms with Gasteiger partial charge >= 0.3 is 5.97 Å². The van der Waals surface area contributed by atoms with Gasteiger partial charge in [0.1, 0.15) is 12.3 Å². The molecule has 104 valence electrons. The van der Waals surface area contributed by atoms with Gasteiger partial charge in [0.25, 0.3) is 5.69 Å². The zero-order chi connectivity index (χ0) is 14.7. The molecule has 0 aliphatic rings. The van der Waals surface area contributed by atoms with E-state index >= 15 is 0 Å². The summed E-state index contributed by atoms with van der Waals surface area (Å²) in [5.41, 5.74) is 0.718. The van der Waals surface area contributed by atoms with E-state index < -0.39 is 10.9 Å². The Hall–Kier alpha value is -2.34. The molecule has 0 bridgehead atoms. The van der Waals surface area contributed by atoms with E-state index in [1.54, 1.807) is 31.3 Å². The minimum atomic E-state index is -0.624. The van der Waals surface area contributed by atoms with E-state index in [1.807, 2.05) is 0 Å². The topological polar surface area (TPSA) is 74.4 Å². The molecule has 1 heterocycles. The van der Waals surface area contributed by atoms with E-state index in [9.17, 15) is 14.9 Å². The van der Waals surface area contributed by atoms with E-state index in [1.165, 1.54) is 16.8 Å². The van der Waals surface area contributed by atoms with Gasteiger partial charge in [-0.2, -0.15) is 0 Å². The lowest BCUT2D eigenvalue weighted by molar-refractivity contribution is -0.384. The van der Waals surface area contributed by atoms with E-state index in [2.05, 4.69) is 0 Å². The number of benzene rings is 1. The van der Waals surface area contributed by atoms with Crippen LogP contribution in [0.1, 0.15) is 16.1 Å². The summed E-state index contributed by atoms with van der Waals surface area (Å²) < 4.78 is 6.46. The summed E-state index contributed by atoms with van der Waals surface area (Å²) in [6.45, 7) is 0.0539. The third kappa shape index (κ3) is 3.16. The summed E-state index contributed by atoms with van der Waals surface area (Å²) in [6.07, 6.45) is 1.26. The number of aromatic nitrogens is 1. The standard InChI is InChI=1S/C13H11ClN2O4/c1-15-7-11(16(18)19)6-12(15)13(17)20-8-9-3-2-4-10(14)5-9/h2-7H,8H2,1H3. The number of nitro groups is 1. The molecule has 0 unspecified atom stereocenters. The SMILES string of the molecule is Cn1cc([N+](=O)[O-])cc1C(=O)OCc1cccc(Cl)c1. The highest BCUT2D eigenvalue weighted by Gasteiger charge is 2.18. The van der Waals surface area contributed by atoms with E-state index in [0.29, 0.717) is 5.02 Å². The smallest absolute Gasteiger partial charge is 0.355 e. The molecule has 0 radical (unpaired) electrons. The molecule has 1 aromatic heterocycles. The molecule has 0 aliphatic carbocycles. The number of halogens is 1. The van der Waals surface area contributed by atoms with Crippen LogP contribution in [0.25, 0.3) is 0 Å². The summed E-state index contributed by atoms with van der Waals surface area (Å²) in [5, 5.41) is 11.2. The Balaban J connectivity index is 2.07. The van der Waals surface area contributed by atoms with E-state index in [0.717, 1.165) is 5.56 Å². The molecule has 2 rings (SSSR count). The van der Waals surface area contributed by atoms with Crippen molar-refractivity contribution in [2.75, 3.05) is 0 Å². The van der Waals surface area contributed by atoms with Crippen LogP contribution >= 0.6 is 11.6 Å². The maximum absolute atomic E-state index is 11.9. The van der Waals surface area contributed by atoms with Crippen molar-refractivity contribution in [3.8, 4) is 0 Å². The Morgan fingerprint density at radius 3 is 2.80 bits per heavy atom. The number of rotatable bonds is 4. The van der Waals surface area contributed by atoms with Crippen LogP contribution in [-0.4, -0.2) is 15.5 Å². The first-order valence-electron chi connectivity index (χ1n) is 5.69. The largest absolute Gasteiger partial charge is 0.456 e. The molecule has 6 nitrogen and oxygen atoms in total. The minimum Gasteiger partial charge on any atom is -0.456 e. The normalized spacial score (nSPS) is 10.3. The van der Waals surface area contributed by atoms with Crippen LogP contribution in [0.15, 0.2) is 36.5 Å². The molecular weight excluding hydrogens is 284 g/mol. The van der Waals surface area contributed by atoms with Crippen LogP contribution in [0.2, 0.25) is 5.02 Å². The Kier molecular flexibility index (Phi) is 4.05. The van der Waals surface area contributed by atoms with Gasteiger partial charge in [-0.3, -0.25) is 10.1 Å². The summed E-state index contributed by atoms with van der Waals surface area (Å²) in [6, 6.07) is 8.10. The molecule has 20 heavy (non-hydrogen) atoms. The van der Waals surface area contributed by atoms with Crippen molar-refractivity contribution in [2.45, 2.75) is 6.61 Å². The monoisotopic (exact) mass is 294 g/mol. The van der Waals surface area contributed by atoms with Crippen molar-refractivity contribution in [2.24, 2.45) is 7.05 Å². The number of aryl methyl sites for hydroxylation is 1. The minimum absolute atomic E-state index is 0.0539. The molecule has 0 fully saturated rings. The third-order valence-corrected chi connectivity index (χ3v) is 2.90. The quantitative estimate of drug-likeness (QED) is 0.493. The second-order valence-corrected chi connectivity index (χ2v) is 4.59. The van der Waals surface area contributed by atoms with E-state index in [4.69, 9.17) is 16.3 Å². The molecule has 0 amide bonds. The van der Waals surface area contributed by atoms with Crippen molar-refractivity contribution < 1.29 is 14.5 Å². The number of esters is 1. The second-order valence-electron chi connectivity index (χ2n) is 4.16. The summed E-state index contributed by atoms with van der Waals surface area (Å²) >= 11 is 5.82. The van der Waals surface area contributed by atoms with Crippen LogP contribution in [0.5, 0.6) is 0 Å². The summed E-state index contributed by atoms with van der Waals surface area (Å²) in [7, 11) is 1.54. The first kappa shape index (κ1) is 14.1. The van der Waals surface area contributed by atoms with Gasteiger partial charge in [0, 0.05) is 18.1 Å². The highest BCUT2D eigenvalue weighted by atomic mass is 35.5. The van der Waals surface area contributed by atoms with Gasteiger partial charge in [-0.15, -0.1) is 0 Å². The number of carbonyl (C=O) groups excluding carboxylic acids is 1. The van der Waals surface area contributed by atoms with Gasteiger partial charge in [0.05, 0.1) is 11.1 Å². The Labute approximate surface area is 119 Å². The van der Waals surface area contributed by atoms with Crippen molar-refractivity contribution in [1.29, 1.82) is 0 Å². The molecule has 1 aromatic carbocycles. The van der Waals surface area contributed by atoms with Gasteiger partial charge < -0.3 is 9.30 Å². The van der Waals surface area contributed by atoms with Crippen LogP contribution in [0, 0.1) is 10.1 Å². The first-order valence-corrected chi connectivity index (χ1v) is 6.07. The third-order valence-electron chi connectivity index (χ3n) is 2.67.